The maximum absolute atomic E-state index is 11.4. The molecule has 2 unspecified atom stereocenters. The molecule has 0 aliphatic carbocycles. The fourth-order valence-corrected chi connectivity index (χ4v) is 3.18. The molecule has 1 aromatic heterocycles. The molecule has 0 amide bonds. The van der Waals surface area contributed by atoms with Crippen molar-refractivity contribution in [1.29, 1.82) is 0 Å². The second-order valence-corrected chi connectivity index (χ2v) is 5.74. The standard InChI is InChI=1S/C18H20N2O2/c21-18(22)15-9-6-12-20(13-15)17(14-7-2-1-3-8-14)16-10-4-5-11-19-16/h1-5,7-8,10-11,15,17H,6,9,12-13H2,(H,21,22). The van der Waals surface area contributed by atoms with Gasteiger partial charge in [-0.05, 0) is 37.1 Å². The number of hydrogen-bond donors (Lipinski definition) is 1. The van der Waals surface area contributed by atoms with Crippen LogP contribution in [-0.4, -0.2) is 34.0 Å². The highest BCUT2D eigenvalue weighted by Crippen LogP contribution is 2.31. The molecule has 0 spiro atoms. The number of benzene rings is 1. The smallest absolute Gasteiger partial charge is 0.307 e. The van der Waals surface area contributed by atoms with Crippen molar-refractivity contribution >= 4 is 5.97 Å². The summed E-state index contributed by atoms with van der Waals surface area (Å²) in [5, 5.41) is 9.34. The third kappa shape index (κ3) is 3.17. The Labute approximate surface area is 130 Å². The van der Waals surface area contributed by atoms with Crippen LogP contribution in [0.3, 0.4) is 0 Å². The number of rotatable bonds is 4. The Balaban J connectivity index is 1.94. The summed E-state index contributed by atoms with van der Waals surface area (Å²) >= 11 is 0. The van der Waals surface area contributed by atoms with E-state index in [9.17, 15) is 9.90 Å². The summed E-state index contributed by atoms with van der Waals surface area (Å²) < 4.78 is 0. The van der Waals surface area contributed by atoms with E-state index in [0.29, 0.717) is 6.54 Å². The number of carboxylic acids is 1. The molecule has 1 N–H and O–H groups in total. The lowest BCUT2D eigenvalue weighted by Crippen LogP contribution is -2.41. The van der Waals surface area contributed by atoms with Crippen LogP contribution in [0.4, 0.5) is 0 Å². The van der Waals surface area contributed by atoms with Gasteiger partial charge in [0, 0.05) is 12.7 Å². The van der Waals surface area contributed by atoms with Gasteiger partial charge in [-0.3, -0.25) is 14.7 Å². The molecule has 1 fully saturated rings. The third-order valence-electron chi connectivity index (χ3n) is 4.25. The molecule has 4 heteroatoms. The molecule has 1 aliphatic rings. The molecule has 114 valence electrons. The summed E-state index contributed by atoms with van der Waals surface area (Å²) in [5.41, 5.74) is 2.13. The first kappa shape index (κ1) is 14.7. The molecule has 22 heavy (non-hydrogen) atoms. The van der Waals surface area contributed by atoms with Crippen molar-refractivity contribution in [2.24, 2.45) is 5.92 Å². The van der Waals surface area contributed by atoms with E-state index < -0.39 is 5.97 Å². The molecule has 1 aromatic carbocycles. The highest BCUT2D eigenvalue weighted by atomic mass is 16.4. The Morgan fingerprint density at radius 3 is 2.64 bits per heavy atom. The van der Waals surface area contributed by atoms with Gasteiger partial charge >= 0.3 is 5.97 Å². The van der Waals surface area contributed by atoms with E-state index in [4.69, 9.17) is 0 Å². The van der Waals surface area contributed by atoms with Crippen molar-refractivity contribution in [3.63, 3.8) is 0 Å². The van der Waals surface area contributed by atoms with Crippen molar-refractivity contribution in [1.82, 2.24) is 9.88 Å². The van der Waals surface area contributed by atoms with Crippen molar-refractivity contribution in [3.05, 3.63) is 66.0 Å². The summed E-state index contributed by atoms with van der Waals surface area (Å²) in [4.78, 5) is 18.1. The van der Waals surface area contributed by atoms with Gasteiger partial charge in [-0.2, -0.15) is 0 Å². The van der Waals surface area contributed by atoms with Gasteiger partial charge in [0.15, 0.2) is 0 Å². The van der Waals surface area contributed by atoms with Gasteiger partial charge in [-0.1, -0.05) is 36.4 Å². The number of piperidine rings is 1. The second kappa shape index (κ2) is 6.71. The van der Waals surface area contributed by atoms with Crippen LogP contribution in [0.15, 0.2) is 54.7 Å². The minimum Gasteiger partial charge on any atom is -0.481 e. The highest BCUT2D eigenvalue weighted by Gasteiger charge is 2.31. The average Bonchev–Trinajstić information content (AvgIpc) is 2.57. The Bertz CT molecular complexity index is 576. The summed E-state index contributed by atoms with van der Waals surface area (Å²) in [6, 6.07) is 16.1. The number of pyridine rings is 1. The number of aliphatic carboxylic acids is 1. The summed E-state index contributed by atoms with van der Waals surface area (Å²) in [6.07, 6.45) is 3.46. The molecular formula is C18H20N2O2. The highest BCUT2D eigenvalue weighted by molar-refractivity contribution is 5.70. The number of carbonyl (C=O) groups is 1. The molecule has 1 saturated heterocycles. The van der Waals surface area contributed by atoms with Crippen LogP contribution in [0.2, 0.25) is 0 Å². The van der Waals surface area contributed by atoms with Crippen LogP contribution in [-0.2, 0) is 4.79 Å². The summed E-state index contributed by atoms with van der Waals surface area (Å²) in [5.74, 6) is -0.985. The monoisotopic (exact) mass is 296 g/mol. The van der Waals surface area contributed by atoms with Gasteiger partial charge in [-0.15, -0.1) is 0 Å². The Hall–Kier alpha value is -2.20. The predicted molar refractivity (Wildman–Crippen MR) is 84.5 cm³/mol. The lowest BCUT2D eigenvalue weighted by Gasteiger charge is -2.37. The molecule has 0 saturated carbocycles. The van der Waals surface area contributed by atoms with Crippen molar-refractivity contribution in [3.8, 4) is 0 Å². The Morgan fingerprint density at radius 1 is 1.18 bits per heavy atom. The largest absolute Gasteiger partial charge is 0.481 e. The number of nitrogens with zero attached hydrogens (tertiary/aromatic N) is 2. The lowest BCUT2D eigenvalue weighted by molar-refractivity contribution is -0.143. The fourth-order valence-electron chi connectivity index (χ4n) is 3.18. The quantitative estimate of drug-likeness (QED) is 0.942. The van der Waals surface area contributed by atoms with E-state index >= 15 is 0 Å². The lowest BCUT2D eigenvalue weighted by atomic mass is 9.93. The Kier molecular flexibility index (Phi) is 4.49. The second-order valence-electron chi connectivity index (χ2n) is 5.74. The average molecular weight is 296 g/mol. The van der Waals surface area contributed by atoms with Crippen molar-refractivity contribution < 1.29 is 9.90 Å². The van der Waals surface area contributed by atoms with Crippen LogP contribution in [0.1, 0.15) is 30.1 Å². The van der Waals surface area contributed by atoms with E-state index in [1.807, 2.05) is 36.4 Å². The predicted octanol–water partition coefficient (Wildman–Crippen LogP) is 2.97. The zero-order chi connectivity index (χ0) is 15.4. The maximum atomic E-state index is 11.4. The van der Waals surface area contributed by atoms with Crippen LogP contribution < -0.4 is 0 Å². The normalized spacial score (nSPS) is 20.5. The minimum atomic E-state index is -0.697. The van der Waals surface area contributed by atoms with Gasteiger partial charge in [0.05, 0.1) is 17.7 Å². The Morgan fingerprint density at radius 2 is 1.95 bits per heavy atom. The minimum absolute atomic E-state index is 0.0181. The number of likely N-dealkylation sites (tertiary alicyclic amines) is 1. The van der Waals surface area contributed by atoms with Gasteiger partial charge in [-0.25, -0.2) is 0 Å². The molecule has 0 radical (unpaired) electrons. The zero-order valence-corrected chi connectivity index (χ0v) is 12.4. The fraction of sp³-hybridized carbons (Fsp3) is 0.333. The first-order valence-corrected chi connectivity index (χ1v) is 7.68. The number of aromatic nitrogens is 1. The van der Waals surface area contributed by atoms with E-state index in [1.165, 1.54) is 0 Å². The van der Waals surface area contributed by atoms with Gasteiger partial charge in [0.1, 0.15) is 0 Å². The molecule has 4 nitrogen and oxygen atoms in total. The van der Waals surface area contributed by atoms with E-state index in [0.717, 1.165) is 30.6 Å². The SMILES string of the molecule is O=C(O)C1CCCN(C(c2ccccc2)c2ccccn2)C1. The molecule has 2 atom stereocenters. The van der Waals surface area contributed by atoms with Crippen LogP contribution in [0, 0.1) is 5.92 Å². The van der Waals surface area contributed by atoms with Gasteiger partial charge in [0.2, 0.25) is 0 Å². The van der Waals surface area contributed by atoms with Gasteiger partial charge in [0.25, 0.3) is 0 Å². The van der Waals surface area contributed by atoms with E-state index in [2.05, 4.69) is 22.0 Å². The number of carboxylic acid groups (broad SMARTS) is 1. The van der Waals surface area contributed by atoms with Crippen LogP contribution in [0.25, 0.3) is 0 Å². The molecule has 2 aromatic rings. The van der Waals surface area contributed by atoms with Crippen molar-refractivity contribution in [2.75, 3.05) is 13.1 Å². The van der Waals surface area contributed by atoms with Crippen LogP contribution >= 0.6 is 0 Å². The van der Waals surface area contributed by atoms with Gasteiger partial charge < -0.3 is 5.11 Å². The molecule has 3 rings (SSSR count). The van der Waals surface area contributed by atoms with Crippen LogP contribution in [0.5, 0.6) is 0 Å². The number of hydrogen-bond acceptors (Lipinski definition) is 3. The third-order valence-corrected chi connectivity index (χ3v) is 4.25. The topological polar surface area (TPSA) is 53.4 Å². The molecular weight excluding hydrogens is 276 g/mol. The first-order valence-electron chi connectivity index (χ1n) is 7.68. The maximum Gasteiger partial charge on any atom is 0.307 e. The van der Waals surface area contributed by atoms with E-state index in [1.54, 1.807) is 6.20 Å². The molecule has 2 heterocycles. The molecule has 1 aliphatic heterocycles. The molecule has 0 bridgehead atoms. The summed E-state index contributed by atoms with van der Waals surface area (Å²) in [6.45, 7) is 1.48. The van der Waals surface area contributed by atoms with E-state index in [-0.39, 0.29) is 12.0 Å². The first-order chi connectivity index (χ1) is 10.8. The summed E-state index contributed by atoms with van der Waals surface area (Å²) in [7, 11) is 0. The zero-order valence-electron chi connectivity index (χ0n) is 12.4. The van der Waals surface area contributed by atoms with Crippen molar-refractivity contribution in [2.45, 2.75) is 18.9 Å².